The summed E-state index contributed by atoms with van der Waals surface area (Å²) in [5.74, 6) is -0.674. The Labute approximate surface area is 175 Å². The molecule has 1 unspecified atom stereocenters. The third-order valence-electron chi connectivity index (χ3n) is 4.79. The van der Waals surface area contributed by atoms with Crippen molar-refractivity contribution in [3.8, 4) is 5.75 Å². The zero-order valence-electron chi connectivity index (χ0n) is 16.8. The summed E-state index contributed by atoms with van der Waals surface area (Å²) in [6.07, 6.45) is 1.31. The average molecular weight is 411 g/mol. The molecule has 2 N–H and O–H groups in total. The molecule has 8 heteroatoms. The lowest BCUT2D eigenvalue weighted by Crippen LogP contribution is -2.45. The highest BCUT2D eigenvalue weighted by Crippen LogP contribution is 2.19. The fourth-order valence-electron chi connectivity index (χ4n) is 3.20. The highest BCUT2D eigenvalue weighted by atomic mass is 16.5. The number of anilines is 2. The van der Waals surface area contributed by atoms with E-state index in [1.54, 1.807) is 48.4 Å². The van der Waals surface area contributed by atoms with E-state index >= 15 is 0 Å². The smallest absolute Gasteiger partial charge is 0.321 e. The molecule has 1 aliphatic rings. The van der Waals surface area contributed by atoms with Gasteiger partial charge in [-0.1, -0.05) is 18.2 Å². The summed E-state index contributed by atoms with van der Waals surface area (Å²) in [6, 6.07) is 15.7. The first-order chi connectivity index (χ1) is 14.5. The van der Waals surface area contributed by atoms with Crippen molar-refractivity contribution in [1.82, 2.24) is 4.90 Å². The number of urea groups is 1. The Morgan fingerprint density at radius 2 is 1.70 bits per heavy atom. The molecule has 1 aliphatic heterocycles. The Bertz CT molecular complexity index is 870. The first kappa shape index (κ1) is 21.2. The van der Waals surface area contributed by atoms with Crippen LogP contribution < -0.4 is 15.4 Å². The van der Waals surface area contributed by atoms with Crippen LogP contribution >= 0.6 is 0 Å². The molecule has 1 heterocycles. The number of hydrogen-bond donors (Lipinski definition) is 2. The third-order valence-corrected chi connectivity index (χ3v) is 4.79. The summed E-state index contributed by atoms with van der Waals surface area (Å²) < 4.78 is 10.2. The second kappa shape index (κ2) is 10.3. The Balaban J connectivity index is 1.45. The number of benzene rings is 2. The molecule has 8 nitrogen and oxygen atoms in total. The summed E-state index contributed by atoms with van der Waals surface area (Å²) in [5.41, 5.74) is 1.28. The van der Waals surface area contributed by atoms with Crippen LogP contribution in [0.4, 0.5) is 16.2 Å². The van der Waals surface area contributed by atoms with Gasteiger partial charge in [-0.25, -0.2) is 4.79 Å². The van der Waals surface area contributed by atoms with Gasteiger partial charge in [-0.15, -0.1) is 0 Å². The van der Waals surface area contributed by atoms with Gasteiger partial charge in [0.2, 0.25) is 0 Å². The van der Waals surface area contributed by atoms with E-state index in [0.29, 0.717) is 36.5 Å². The van der Waals surface area contributed by atoms with E-state index in [-0.39, 0.29) is 19.2 Å². The largest absolute Gasteiger partial charge is 0.497 e. The van der Waals surface area contributed by atoms with Crippen molar-refractivity contribution in [1.29, 1.82) is 0 Å². The van der Waals surface area contributed by atoms with Crippen LogP contribution in [0.25, 0.3) is 0 Å². The van der Waals surface area contributed by atoms with Crippen LogP contribution in [0.5, 0.6) is 5.75 Å². The number of carbonyl (C=O) groups excluding carboxylic acids is 3. The molecule has 0 aliphatic carbocycles. The van der Waals surface area contributed by atoms with Crippen LogP contribution in [-0.2, 0) is 14.3 Å². The monoisotopic (exact) mass is 411 g/mol. The Hall–Kier alpha value is -3.55. The van der Waals surface area contributed by atoms with Crippen LogP contribution in [0.15, 0.2) is 54.6 Å². The lowest BCUT2D eigenvalue weighted by molar-refractivity contribution is -0.152. The SMILES string of the molecule is COc1ccc(NC(=O)COC(=O)C2CCCN(C(=O)Nc3ccccc3)C2)cc1. The van der Waals surface area contributed by atoms with Gasteiger partial charge in [-0.2, -0.15) is 0 Å². The maximum absolute atomic E-state index is 12.4. The number of carbonyl (C=O) groups is 3. The zero-order valence-corrected chi connectivity index (χ0v) is 16.8. The van der Waals surface area contributed by atoms with E-state index in [2.05, 4.69) is 10.6 Å². The van der Waals surface area contributed by atoms with Gasteiger partial charge in [0.25, 0.3) is 5.91 Å². The lowest BCUT2D eigenvalue weighted by atomic mass is 9.98. The first-order valence-electron chi connectivity index (χ1n) is 9.76. The van der Waals surface area contributed by atoms with Crippen molar-refractivity contribution in [2.75, 3.05) is 37.4 Å². The van der Waals surface area contributed by atoms with Crippen LogP contribution in [-0.4, -0.2) is 49.6 Å². The van der Waals surface area contributed by atoms with Gasteiger partial charge in [0.05, 0.1) is 13.0 Å². The van der Waals surface area contributed by atoms with E-state index in [1.165, 1.54) is 0 Å². The van der Waals surface area contributed by atoms with Crippen molar-refractivity contribution in [3.05, 3.63) is 54.6 Å². The Morgan fingerprint density at radius 1 is 1.00 bits per heavy atom. The normalized spacial score (nSPS) is 15.8. The van der Waals surface area contributed by atoms with Crippen molar-refractivity contribution in [2.45, 2.75) is 12.8 Å². The fourth-order valence-corrected chi connectivity index (χ4v) is 3.20. The maximum atomic E-state index is 12.4. The van der Waals surface area contributed by atoms with Crippen LogP contribution in [0.2, 0.25) is 0 Å². The molecule has 2 aromatic carbocycles. The van der Waals surface area contributed by atoms with E-state index in [4.69, 9.17) is 9.47 Å². The van der Waals surface area contributed by atoms with Crippen molar-refractivity contribution in [3.63, 3.8) is 0 Å². The number of esters is 1. The number of piperidine rings is 1. The molecule has 3 amide bonds. The maximum Gasteiger partial charge on any atom is 0.321 e. The molecule has 0 aromatic heterocycles. The highest BCUT2D eigenvalue weighted by molar-refractivity contribution is 5.93. The number of hydrogen-bond acceptors (Lipinski definition) is 5. The summed E-state index contributed by atoms with van der Waals surface area (Å²) >= 11 is 0. The molecule has 0 radical (unpaired) electrons. The molecule has 0 saturated carbocycles. The molecular formula is C22H25N3O5. The minimum atomic E-state index is -0.475. The van der Waals surface area contributed by atoms with Crippen molar-refractivity contribution < 1.29 is 23.9 Å². The predicted octanol–water partition coefficient (Wildman–Crippen LogP) is 3.12. The summed E-state index contributed by atoms with van der Waals surface area (Å²) in [5, 5.41) is 5.48. The molecule has 1 fully saturated rings. The third kappa shape index (κ3) is 5.97. The summed E-state index contributed by atoms with van der Waals surface area (Å²) in [6.45, 7) is 0.454. The number of nitrogens with one attached hydrogen (secondary N) is 2. The fraction of sp³-hybridized carbons (Fsp3) is 0.318. The predicted molar refractivity (Wildman–Crippen MR) is 112 cm³/mol. The topological polar surface area (TPSA) is 97.0 Å². The Morgan fingerprint density at radius 3 is 2.40 bits per heavy atom. The molecule has 2 aromatic rings. The Kier molecular flexibility index (Phi) is 7.26. The first-order valence-corrected chi connectivity index (χ1v) is 9.76. The zero-order chi connectivity index (χ0) is 21.3. The molecule has 30 heavy (non-hydrogen) atoms. The molecular weight excluding hydrogens is 386 g/mol. The summed E-state index contributed by atoms with van der Waals surface area (Å²) in [4.78, 5) is 38.5. The van der Waals surface area contributed by atoms with Gasteiger partial charge >= 0.3 is 12.0 Å². The van der Waals surface area contributed by atoms with Gasteiger partial charge in [0.15, 0.2) is 6.61 Å². The number of nitrogens with zero attached hydrogens (tertiary/aromatic N) is 1. The van der Waals surface area contributed by atoms with Crippen LogP contribution in [0.3, 0.4) is 0 Å². The van der Waals surface area contributed by atoms with E-state index in [9.17, 15) is 14.4 Å². The number of amides is 3. The molecule has 1 saturated heterocycles. The second-order valence-corrected chi connectivity index (χ2v) is 6.97. The number of likely N-dealkylation sites (tertiary alicyclic amines) is 1. The molecule has 158 valence electrons. The summed E-state index contributed by atoms with van der Waals surface area (Å²) in [7, 11) is 1.56. The second-order valence-electron chi connectivity index (χ2n) is 6.97. The molecule has 0 spiro atoms. The average Bonchev–Trinajstić information content (AvgIpc) is 2.78. The quantitative estimate of drug-likeness (QED) is 0.712. The number of ether oxygens (including phenoxy) is 2. The van der Waals surface area contributed by atoms with Crippen molar-refractivity contribution >= 4 is 29.3 Å². The molecule has 1 atom stereocenters. The van der Waals surface area contributed by atoms with E-state index in [0.717, 1.165) is 0 Å². The van der Waals surface area contributed by atoms with Crippen LogP contribution in [0.1, 0.15) is 12.8 Å². The van der Waals surface area contributed by atoms with Gasteiger partial charge in [0.1, 0.15) is 5.75 Å². The lowest BCUT2D eigenvalue weighted by Gasteiger charge is -2.31. The highest BCUT2D eigenvalue weighted by Gasteiger charge is 2.30. The van der Waals surface area contributed by atoms with Gasteiger partial charge in [0, 0.05) is 24.5 Å². The number of para-hydroxylation sites is 1. The van der Waals surface area contributed by atoms with E-state index in [1.807, 2.05) is 18.2 Å². The van der Waals surface area contributed by atoms with Crippen LogP contribution in [0, 0.1) is 5.92 Å². The van der Waals surface area contributed by atoms with Gasteiger partial charge in [-0.3, -0.25) is 9.59 Å². The minimum Gasteiger partial charge on any atom is -0.497 e. The molecule has 0 bridgehead atoms. The minimum absolute atomic E-state index is 0.254. The number of methoxy groups -OCH3 is 1. The van der Waals surface area contributed by atoms with Crippen molar-refractivity contribution in [2.24, 2.45) is 5.92 Å². The standard InChI is InChI=1S/C22H25N3O5/c1-29-19-11-9-18(10-12-19)23-20(26)15-30-21(27)16-6-5-13-25(14-16)22(28)24-17-7-3-2-4-8-17/h2-4,7-12,16H,5-6,13-15H2,1H3,(H,23,26)(H,24,28). The van der Waals surface area contributed by atoms with Gasteiger partial charge < -0.3 is 25.0 Å². The molecule has 3 rings (SSSR count). The van der Waals surface area contributed by atoms with Gasteiger partial charge in [-0.05, 0) is 49.2 Å². The van der Waals surface area contributed by atoms with E-state index < -0.39 is 17.8 Å². The number of rotatable bonds is 6.